The number of benzene rings is 2. The van der Waals surface area contributed by atoms with Gasteiger partial charge in [0.05, 0.1) is 10.9 Å². The van der Waals surface area contributed by atoms with E-state index in [1.807, 2.05) is 45.0 Å². The van der Waals surface area contributed by atoms with Gasteiger partial charge in [0.15, 0.2) is 9.84 Å². The first-order valence-corrected chi connectivity index (χ1v) is 12.8. The normalized spacial score (nSPS) is 16.1. The largest absolute Gasteiger partial charge is 0.337 e. The number of carbonyl (C=O) groups excluding carboxylic acids is 1. The second kappa shape index (κ2) is 9.07. The fourth-order valence-electron chi connectivity index (χ4n) is 3.93. The lowest BCUT2D eigenvalue weighted by atomic mass is 10.1. The van der Waals surface area contributed by atoms with E-state index < -0.39 is 9.84 Å². The molecule has 1 aliphatic rings. The maximum atomic E-state index is 13.1. The number of hydrogen-bond donors (Lipinski definition) is 0. The number of rotatable bonds is 5. The van der Waals surface area contributed by atoms with Gasteiger partial charge in [0, 0.05) is 43.6 Å². The Labute approximate surface area is 194 Å². The Morgan fingerprint density at radius 3 is 2.33 bits per heavy atom. The van der Waals surface area contributed by atoms with Crippen LogP contribution < -0.4 is 0 Å². The summed E-state index contributed by atoms with van der Waals surface area (Å²) < 4.78 is 29.3. The van der Waals surface area contributed by atoms with Crippen LogP contribution in [0.3, 0.4) is 0 Å². The van der Waals surface area contributed by atoms with Crippen LogP contribution in [0.4, 0.5) is 0 Å². The van der Waals surface area contributed by atoms with Crippen molar-refractivity contribution in [1.82, 2.24) is 19.9 Å². The van der Waals surface area contributed by atoms with Crippen LogP contribution in [-0.4, -0.2) is 66.7 Å². The van der Waals surface area contributed by atoms with Gasteiger partial charge in [-0.1, -0.05) is 41.1 Å². The van der Waals surface area contributed by atoms with Crippen LogP contribution in [0.2, 0.25) is 0 Å². The number of aromatic nitrogens is 2. The van der Waals surface area contributed by atoms with Crippen LogP contribution in [0.15, 0.2) is 51.9 Å². The second-order valence-corrected chi connectivity index (χ2v) is 10.6. The summed E-state index contributed by atoms with van der Waals surface area (Å²) in [5.74, 6) is 0.957. The summed E-state index contributed by atoms with van der Waals surface area (Å²) in [5.41, 5.74) is 3.27. The van der Waals surface area contributed by atoms with Gasteiger partial charge in [0.25, 0.3) is 5.91 Å². The maximum absolute atomic E-state index is 13.1. The van der Waals surface area contributed by atoms with Crippen LogP contribution in [0.25, 0.3) is 11.4 Å². The molecule has 0 spiro atoms. The first-order chi connectivity index (χ1) is 15.6. The Hall–Kier alpha value is -3.04. The highest BCUT2D eigenvalue weighted by atomic mass is 32.2. The summed E-state index contributed by atoms with van der Waals surface area (Å²) in [6.45, 7) is 8.24. The van der Waals surface area contributed by atoms with Crippen LogP contribution in [0.5, 0.6) is 0 Å². The zero-order chi connectivity index (χ0) is 23.8. The lowest BCUT2D eigenvalue weighted by Crippen LogP contribution is -2.49. The van der Waals surface area contributed by atoms with E-state index in [2.05, 4.69) is 15.0 Å². The Morgan fingerprint density at radius 1 is 1.03 bits per heavy atom. The summed E-state index contributed by atoms with van der Waals surface area (Å²) in [6, 6.07) is 12.6. The molecule has 4 rings (SSSR count). The summed E-state index contributed by atoms with van der Waals surface area (Å²) in [4.78, 5) is 21.8. The van der Waals surface area contributed by atoms with Gasteiger partial charge in [-0.3, -0.25) is 9.69 Å². The number of aryl methyl sites for hydroxylation is 2. The van der Waals surface area contributed by atoms with Gasteiger partial charge >= 0.3 is 0 Å². The van der Waals surface area contributed by atoms with E-state index >= 15 is 0 Å². The van der Waals surface area contributed by atoms with Crippen molar-refractivity contribution in [1.29, 1.82) is 0 Å². The molecule has 3 aromatic rings. The molecule has 1 atom stereocenters. The number of piperazine rings is 1. The predicted octanol–water partition coefficient (Wildman–Crippen LogP) is 3.28. The third-order valence-corrected chi connectivity index (χ3v) is 7.24. The van der Waals surface area contributed by atoms with Crippen molar-refractivity contribution in [2.45, 2.75) is 31.7 Å². The fraction of sp³-hybridized carbons (Fsp3) is 0.375. The summed E-state index contributed by atoms with van der Waals surface area (Å²) >= 11 is 0. The second-order valence-electron chi connectivity index (χ2n) is 8.58. The van der Waals surface area contributed by atoms with Gasteiger partial charge in [-0.2, -0.15) is 4.98 Å². The first kappa shape index (κ1) is 23.1. The SMILES string of the molecule is Cc1ccc(-c2noc(C(C)N3CCN(C(=O)c4cc(S(C)(=O)=O)ccc4C)CC3)n2)cc1. The standard InChI is InChI=1S/C24H28N4O4S/c1-16-5-8-19(9-6-16)22-25-23(32-26-22)18(3)27-11-13-28(14-12-27)24(29)21-15-20(33(4,30)31)10-7-17(21)2/h5-10,15,18H,11-14H2,1-4H3. The van der Waals surface area contributed by atoms with E-state index in [1.165, 1.54) is 17.7 Å². The van der Waals surface area contributed by atoms with E-state index in [0.717, 1.165) is 17.4 Å². The fourth-order valence-corrected chi connectivity index (χ4v) is 4.57. The van der Waals surface area contributed by atoms with Crippen molar-refractivity contribution in [2.24, 2.45) is 0 Å². The van der Waals surface area contributed by atoms with Gasteiger partial charge in [-0.15, -0.1) is 0 Å². The Bertz CT molecular complexity index is 1260. The minimum Gasteiger partial charge on any atom is -0.337 e. The number of hydrogen-bond acceptors (Lipinski definition) is 7. The molecule has 0 N–H and O–H groups in total. The van der Waals surface area contributed by atoms with Crippen molar-refractivity contribution in [3.05, 3.63) is 65.0 Å². The smallest absolute Gasteiger partial charge is 0.254 e. The number of carbonyl (C=O) groups is 1. The molecule has 1 fully saturated rings. The first-order valence-electron chi connectivity index (χ1n) is 10.9. The summed E-state index contributed by atoms with van der Waals surface area (Å²) in [6.07, 6.45) is 1.15. The van der Waals surface area contributed by atoms with Gasteiger partial charge < -0.3 is 9.42 Å². The number of amides is 1. The molecular formula is C24H28N4O4S. The predicted molar refractivity (Wildman–Crippen MR) is 125 cm³/mol. The third kappa shape index (κ3) is 4.99. The third-order valence-electron chi connectivity index (χ3n) is 6.13. The Balaban J connectivity index is 1.42. The lowest BCUT2D eigenvalue weighted by Gasteiger charge is -2.37. The van der Waals surface area contributed by atoms with Gasteiger partial charge in [-0.05, 0) is 38.5 Å². The number of nitrogens with zero attached hydrogens (tertiary/aromatic N) is 4. The molecular weight excluding hydrogens is 440 g/mol. The summed E-state index contributed by atoms with van der Waals surface area (Å²) in [7, 11) is -3.38. The average Bonchev–Trinajstić information content (AvgIpc) is 3.28. The van der Waals surface area contributed by atoms with Gasteiger partial charge in [-0.25, -0.2) is 8.42 Å². The van der Waals surface area contributed by atoms with E-state index in [0.29, 0.717) is 43.5 Å². The van der Waals surface area contributed by atoms with E-state index in [9.17, 15) is 13.2 Å². The molecule has 9 heteroatoms. The zero-order valence-electron chi connectivity index (χ0n) is 19.3. The molecule has 8 nitrogen and oxygen atoms in total. The molecule has 1 aliphatic heterocycles. The van der Waals surface area contributed by atoms with Crippen molar-refractivity contribution in [3.63, 3.8) is 0 Å². The molecule has 1 unspecified atom stereocenters. The van der Waals surface area contributed by atoms with Crippen molar-refractivity contribution >= 4 is 15.7 Å². The van der Waals surface area contributed by atoms with Crippen LogP contribution in [0.1, 0.15) is 40.3 Å². The molecule has 0 saturated carbocycles. The van der Waals surface area contributed by atoms with E-state index in [4.69, 9.17) is 4.52 Å². The van der Waals surface area contributed by atoms with E-state index in [1.54, 1.807) is 11.0 Å². The molecule has 0 radical (unpaired) electrons. The molecule has 2 heterocycles. The Morgan fingerprint density at radius 2 is 1.70 bits per heavy atom. The zero-order valence-corrected chi connectivity index (χ0v) is 20.1. The molecule has 1 amide bonds. The molecule has 0 aliphatic carbocycles. The van der Waals surface area contributed by atoms with Gasteiger partial charge in [0.2, 0.25) is 11.7 Å². The van der Waals surface area contributed by atoms with Crippen molar-refractivity contribution < 1.29 is 17.7 Å². The van der Waals surface area contributed by atoms with Crippen LogP contribution in [-0.2, 0) is 9.84 Å². The monoisotopic (exact) mass is 468 g/mol. The minimum absolute atomic E-state index is 0.0794. The van der Waals surface area contributed by atoms with Gasteiger partial charge in [0.1, 0.15) is 0 Å². The number of sulfone groups is 1. The molecule has 1 saturated heterocycles. The molecule has 0 bridgehead atoms. The molecule has 2 aromatic carbocycles. The average molecular weight is 469 g/mol. The van der Waals surface area contributed by atoms with Crippen LogP contribution >= 0.6 is 0 Å². The van der Waals surface area contributed by atoms with Crippen LogP contribution in [0, 0.1) is 13.8 Å². The molecule has 33 heavy (non-hydrogen) atoms. The topological polar surface area (TPSA) is 96.6 Å². The van der Waals surface area contributed by atoms with Crippen molar-refractivity contribution in [2.75, 3.05) is 32.4 Å². The molecule has 174 valence electrons. The quantitative estimate of drug-likeness (QED) is 0.567. The summed E-state index contributed by atoms with van der Waals surface area (Å²) in [5, 5.41) is 4.13. The molecule has 1 aromatic heterocycles. The van der Waals surface area contributed by atoms with E-state index in [-0.39, 0.29) is 16.8 Å². The van der Waals surface area contributed by atoms with Crippen molar-refractivity contribution in [3.8, 4) is 11.4 Å². The Kier molecular flexibility index (Phi) is 6.36. The highest BCUT2D eigenvalue weighted by molar-refractivity contribution is 7.90. The lowest BCUT2D eigenvalue weighted by molar-refractivity contribution is 0.0551. The highest BCUT2D eigenvalue weighted by Gasteiger charge is 2.29. The maximum Gasteiger partial charge on any atom is 0.254 e. The minimum atomic E-state index is -3.38. The highest BCUT2D eigenvalue weighted by Crippen LogP contribution is 2.25.